The molecule has 10 nitrogen and oxygen atoms in total. The lowest BCUT2D eigenvalue weighted by atomic mass is 10.1. The van der Waals surface area contributed by atoms with E-state index in [1.165, 1.54) is 30.3 Å². The molecule has 0 bridgehead atoms. The number of ether oxygens (including phenoxy) is 1. The molecule has 0 radical (unpaired) electrons. The van der Waals surface area contributed by atoms with Gasteiger partial charge in [-0.1, -0.05) is 6.07 Å². The summed E-state index contributed by atoms with van der Waals surface area (Å²) in [6.07, 6.45) is 3.09. The van der Waals surface area contributed by atoms with E-state index in [0.29, 0.717) is 22.4 Å². The van der Waals surface area contributed by atoms with Crippen LogP contribution in [0.5, 0.6) is 5.88 Å². The van der Waals surface area contributed by atoms with E-state index in [4.69, 9.17) is 9.15 Å². The van der Waals surface area contributed by atoms with Crippen molar-refractivity contribution >= 4 is 40.2 Å². The number of carbonyl (C=O) groups is 3. The first-order chi connectivity index (χ1) is 16.8. The molecule has 0 spiro atoms. The Balaban J connectivity index is 1.69. The van der Waals surface area contributed by atoms with Gasteiger partial charge in [-0.15, -0.1) is 0 Å². The van der Waals surface area contributed by atoms with Crippen molar-refractivity contribution in [3.05, 3.63) is 77.3 Å². The van der Waals surface area contributed by atoms with Gasteiger partial charge in [-0.2, -0.15) is 0 Å². The van der Waals surface area contributed by atoms with Crippen molar-refractivity contribution in [3.63, 3.8) is 0 Å². The van der Waals surface area contributed by atoms with Gasteiger partial charge in [0.05, 0.1) is 7.11 Å². The standard InChI is InChI=1S/C25H23N5O5/c1-14-5-10-18(27-13-14)28-23(32)21-20(19-17(35-21)11-12-26-24(19)34-4)29-22(31)15-6-8-16(9-7-15)25(33)30(2)3/h5-13H,1-4H3,(H,29,31)(H,27,28,32). The van der Waals surface area contributed by atoms with Crippen molar-refractivity contribution in [3.8, 4) is 5.88 Å². The zero-order valence-electron chi connectivity index (χ0n) is 19.6. The molecule has 1 aromatic carbocycles. The minimum absolute atomic E-state index is 0.105. The first-order valence-electron chi connectivity index (χ1n) is 10.6. The quantitative estimate of drug-likeness (QED) is 0.437. The lowest BCUT2D eigenvalue weighted by Gasteiger charge is -2.11. The fraction of sp³-hybridized carbons (Fsp3) is 0.160. The third kappa shape index (κ3) is 4.81. The minimum atomic E-state index is -0.609. The van der Waals surface area contributed by atoms with E-state index in [-0.39, 0.29) is 28.8 Å². The Kier molecular flexibility index (Phi) is 6.45. The van der Waals surface area contributed by atoms with E-state index in [0.717, 1.165) is 5.56 Å². The Morgan fingerprint density at radius 3 is 2.26 bits per heavy atom. The van der Waals surface area contributed by atoms with Crippen LogP contribution in [0.2, 0.25) is 0 Å². The molecule has 0 aliphatic carbocycles. The topological polar surface area (TPSA) is 127 Å². The zero-order valence-corrected chi connectivity index (χ0v) is 19.6. The molecule has 10 heteroatoms. The Morgan fingerprint density at radius 2 is 1.63 bits per heavy atom. The van der Waals surface area contributed by atoms with Crippen LogP contribution in [-0.2, 0) is 0 Å². The van der Waals surface area contributed by atoms with Gasteiger partial charge in [0.1, 0.15) is 22.5 Å². The van der Waals surface area contributed by atoms with Crippen molar-refractivity contribution < 1.29 is 23.5 Å². The lowest BCUT2D eigenvalue weighted by molar-refractivity contribution is 0.0826. The molecule has 35 heavy (non-hydrogen) atoms. The van der Waals surface area contributed by atoms with Crippen LogP contribution in [0.25, 0.3) is 11.0 Å². The van der Waals surface area contributed by atoms with Crippen molar-refractivity contribution in [1.29, 1.82) is 0 Å². The normalized spacial score (nSPS) is 10.6. The highest BCUT2D eigenvalue weighted by Crippen LogP contribution is 2.37. The summed E-state index contributed by atoms with van der Waals surface area (Å²) in [7, 11) is 4.72. The van der Waals surface area contributed by atoms with Crippen molar-refractivity contribution in [2.45, 2.75) is 6.92 Å². The first-order valence-corrected chi connectivity index (χ1v) is 10.6. The van der Waals surface area contributed by atoms with Crippen LogP contribution in [0.3, 0.4) is 0 Å². The third-order valence-corrected chi connectivity index (χ3v) is 5.16. The molecule has 0 saturated carbocycles. The van der Waals surface area contributed by atoms with Crippen molar-refractivity contribution in [2.75, 3.05) is 31.8 Å². The second-order valence-electron chi connectivity index (χ2n) is 7.91. The van der Waals surface area contributed by atoms with E-state index < -0.39 is 11.8 Å². The summed E-state index contributed by atoms with van der Waals surface area (Å²) in [5, 5.41) is 5.75. The number of furan rings is 1. The van der Waals surface area contributed by atoms with E-state index in [1.807, 2.05) is 13.0 Å². The molecule has 3 aromatic heterocycles. The molecule has 0 unspecified atom stereocenters. The van der Waals surface area contributed by atoms with E-state index in [9.17, 15) is 14.4 Å². The highest BCUT2D eigenvalue weighted by molar-refractivity contribution is 6.17. The summed E-state index contributed by atoms with van der Waals surface area (Å²) in [6, 6.07) is 11.2. The average molecular weight is 473 g/mol. The van der Waals surface area contributed by atoms with Crippen LogP contribution >= 0.6 is 0 Å². The van der Waals surface area contributed by atoms with Gasteiger partial charge < -0.3 is 24.7 Å². The SMILES string of the molecule is COc1nccc2oc(C(=O)Nc3ccc(C)cn3)c(NC(=O)c3ccc(C(=O)N(C)C)cc3)c12. The summed E-state index contributed by atoms with van der Waals surface area (Å²) in [6.45, 7) is 1.88. The Hall–Kier alpha value is -4.73. The number of methoxy groups -OCH3 is 1. The Morgan fingerprint density at radius 1 is 0.914 bits per heavy atom. The summed E-state index contributed by atoms with van der Waals surface area (Å²) in [4.78, 5) is 48.1. The van der Waals surface area contributed by atoms with Gasteiger partial charge in [0, 0.05) is 43.7 Å². The van der Waals surface area contributed by atoms with Gasteiger partial charge in [0.25, 0.3) is 17.7 Å². The number of aromatic nitrogens is 2. The number of fused-ring (bicyclic) bond motifs is 1. The van der Waals surface area contributed by atoms with Gasteiger partial charge in [-0.05, 0) is 42.8 Å². The van der Waals surface area contributed by atoms with Gasteiger partial charge in [0.2, 0.25) is 11.6 Å². The number of pyridine rings is 2. The fourth-order valence-electron chi connectivity index (χ4n) is 3.37. The monoisotopic (exact) mass is 473 g/mol. The van der Waals surface area contributed by atoms with Crippen molar-refractivity contribution in [1.82, 2.24) is 14.9 Å². The fourth-order valence-corrected chi connectivity index (χ4v) is 3.37. The second kappa shape index (κ2) is 9.64. The highest BCUT2D eigenvalue weighted by Gasteiger charge is 2.26. The summed E-state index contributed by atoms with van der Waals surface area (Å²) < 4.78 is 11.1. The summed E-state index contributed by atoms with van der Waals surface area (Å²) in [5.41, 5.74) is 2.07. The summed E-state index contributed by atoms with van der Waals surface area (Å²) >= 11 is 0. The van der Waals surface area contributed by atoms with Crippen LogP contribution in [-0.4, -0.2) is 53.8 Å². The number of hydrogen-bond acceptors (Lipinski definition) is 7. The van der Waals surface area contributed by atoms with Gasteiger partial charge in [0.15, 0.2) is 0 Å². The number of rotatable bonds is 6. The molecule has 178 valence electrons. The van der Waals surface area contributed by atoms with E-state index in [1.54, 1.807) is 44.6 Å². The van der Waals surface area contributed by atoms with Gasteiger partial charge >= 0.3 is 0 Å². The molecule has 2 N–H and O–H groups in total. The van der Waals surface area contributed by atoms with E-state index >= 15 is 0 Å². The molecule has 3 heterocycles. The minimum Gasteiger partial charge on any atom is -0.480 e. The van der Waals surface area contributed by atoms with E-state index in [2.05, 4.69) is 20.6 Å². The molecule has 0 aliphatic rings. The number of nitrogens with zero attached hydrogens (tertiary/aromatic N) is 3. The molecular weight excluding hydrogens is 450 g/mol. The van der Waals surface area contributed by atoms with Crippen LogP contribution in [0.15, 0.2) is 59.3 Å². The molecular formula is C25H23N5O5. The van der Waals surface area contributed by atoms with Gasteiger partial charge in [-0.25, -0.2) is 9.97 Å². The molecule has 3 amide bonds. The summed E-state index contributed by atoms with van der Waals surface area (Å²) in [5.74, 6) is -0.934. The maximum absolute atomic E-state index is 13.1. The molecule has 0 atom stereocenters. The highest BCUT2D eigenvalue weighted by atomic mass is 16.5. The maximum Gasteiger partial charge on any atom is 0.294 e. The smallest absolute Gasteiger partial charge is 0.294 e. The van der Waals surface area contributed by atoms with Crippen LogP contribution in [0.4, 0.5) is 11.5 Å². The maximum atomic E-state index is 13.1. The van der Waals surface area contributed by atoms with Crippen molar-refractivity contribution in [2.24, 2.45) is 0 Å². The van der Waals surface area contributed by atoms with Crippen LogP contribution in [0, 0.1) is 6.92 Å². The second-order valence-corrected chi connectivity index (χ2v) is 7.91. The van der Waals surface area contributed by atoms with Crippen LogP contribution in [0.1, 0.15) is 36.8 Å². The predicted molar refractivity (Wildman–Crippen MR) is 130 cm³/mol. The Labute approximate surface area is 200 Å². The lowest BCUT2D eigenvalue weighted by Crippen LogP contribution is -2.22. The molecule has 4 rings (SSSR count). The predicted octanol–water partition coefficient (Wildman–Crippen LogP) is 3.75. The number of aryl methyl sites for hydroxylation is 1. The number of nitrogens with one attached hydrogen (secondary N) is 2. The largest absolute Gasteiger partial charge is 0.480 e. The number of anilines is 2. The van der Waals surface area contributed by atoms with Gasteiger partial charge in [-0.3, -0.25) is 14.4 Å². The Bertz CT molecular complexity index is 1410. The molecule has 0 aliphatic heterocycles. The average Bonchev–Trinajstić information content (AvgIpc) is 3.23. The first kappa shape index (κ1) is 23.4. The molecule has 4 aromatic rings. The number of carbonyl (C=O) groups excluding carboxylic acids is 3. The number of amides is 3. The number of hydrogen-bond donors (Lipinski definition) is 2. The third-order valence-electron chi connectivity index (χ3n) is 5.16. The van der Waals surface area contributed by atoms with Crippen LogP contribution < -0.4 is 15.4 Å². The molecule has 0 fully saturated rings. The molecule has 0 saturated heterocycles. The number of benzene rings is 1. The zero-order chi connectivity index (χ0) is 25.1.